The Labute approximate surface area is 200 Å². The van der Waals surface area contributed by atoms with Gasteiger partial charge in [0.25, 0.3) is 11.8 Å². The monoisotopic (exact) mass is 493 g/mol. The van der Waals surface area contributed by atoms with Gasteiger partial charge in [-0.3, -0.25) is 14.5 Å². The van der Waals surface area contributed by atoms with E-state index >= 15 is 0 Å². The summed E-state index contributed by atoms with van der Waals surface area (Å²) in [5.41, 5.74) is 0. The second kappa shape index (κ2) is 23.3. The summed E-state index contributed by atoms with van der Waals surface area (Å²) in [5.74, 6) is -0.611. The van der Waals surface area contributed by atoms with Gasteiger partial charge in [0.05, 0.1) is 119 Å². The van der Waals surface area contributed by atoms with Gasteiger partial charge in [0.2, 0.25) is 0 Å². The fourth-order valence-corrected chi connectivity index (χ4v) is 2.51. The lowest BCUT2D eigenvalue weighted by atomic mass is 10.5. The Morgan fingerprint density at radius 3 is 1.03 bits per heavy atom. The third-order valence-corrected chi connectivity index (χ3v) is 4.20. The first-order valence-electron chi connectivity index (χ1n) is 11.5. The normalized spacial score (nSPS) is 13.5. The van der Waals surface area contributed by atoms with E-state index in [1.54, 1.807) is 0 Å². The fraction of sp³-hybridized carbons (Fsp3) is 0.818. The quantitative estimate of drug-likeness (QED) is 0.118. The van der Waals surface area contributed by atoms with Gasteiger partial charge in [-0.2, -0.15) is 0 Å². The highest BCUT2D eigenvalue weighted by molar-refractivity contribution is 6.12. The van der Waals surface area contributed by atoms with E-state index in [2.05, 4.69) is 0 Å². The maximum absolute atomic E-state index is 11.3. The highest BCUT2D eigenvalue weighted by Gasteiger charge is 2.22. The second-order valence-electron chi connectivity index (χ2n) is 6.78. The van der Waals surface area contributed by atoms with Crippen molar-refractivity contribution < 1.29 is 52.6 Å². The first kappa shape index (κ1) is 30.6. The first-order valence-corrected chi connectivity index (χ1v) is 11.5. The van der Waals surface area contributed by atoms with Crippen LogP contribution in [0.25, 0.3) is 0 Å². The fourth-order valence-electron chi connectivity index (χ4n) is 2.51. The van der Waals surface area contributed by atoms with Gasteiger partial charge in [-0.05, 0) is 0 Å². The van der Waals surface area contributed by atoms with Crippen LogP contribution in [-0.2, 0) is 47.5 Å². The molecule has 0 unspecified atom stereocenters. The number of amides is 2. The van der Waals surface area contributed by atoms with Crippen molar-refractivity contribution in [2.45, 2.75) is 0 Å². The summed E-state index contributed by atoms with van der Waals surface area (Å²) in [4.78, 5) is 23.8. The van der Waals surface area contributed by atoms with E-state index in [1.807, 2.05) is 0 Å². The van der Waals surface area contributed by atoms with E-state index in [1.165, 1.54) is 12.2 Å². The molecule has 0 saturated heterocycles. The zero-order valence-electron chi connectivity index (χ0n) is 19.9. The molecule has 1 aliphatic heterocycles. The van der Waals surface area contributed by atoms with Gasteiger partial charge in [0, 0.05) is 12.2 Å². The molecule has 12 nitrogen and oxygen atoms in total. The lowest BCUT2D eigenvalue weighted by molar-refractivity contribution is -0.137. The maximum atomic E-state index is 11.3. The summed E-state index contributed by atoms with van der Waals surface area (Å²) < 4.78 is 42.7. The van der Waals surface area contributed by atoms with Crippen LogP contribution in [0.2, 0.25) is 0 Å². The van der Waals surface area contributed by atoms with Gasteiger partial charge in [0.15, 0.2) is 0 Å². The molecule has 0 radical (unpaired) electrons. The molecule has 2 amide bonds. The largest absolute Gasteiger partial charge is 0.394 e. The Morgan fingerprint density at radius 2 is 0.735 bits per heavy atom. The van der Waals surface area contributed by atoms with Crippen LogP contribution < -0.4 is 0 Å². The van der Waals surface area contributed by atoms with Crippen LogP contribution in [0.5, 0.6) is 0 Å². The number of ether oxygens (including phenoxy) is 8. The van der Waals surface area contributed by atoms with Crippen molar-refractivity contribution in [3.8, 4) is 0 Å². The first-order chi connectivity index (χ1) is 16.8. The number of rotatable bonds is 26. The van der Waals surface area contributed by atoms with Crippen molar-refractivity contribution in [2.24, 2.45) is 0 Å². The molecule has 0 fully saturated rings. The summed E-state index contributed by atoms with van der Waals surface area (Å²) in [6.45, 7) is 7.42. The molecule has 0 spiro atoms. The van der Waals surface area contributed by atoms with Crippen molar-refractivity contribution >= 4 is 11.8 Å². The third-order valence-electron chi connectivity index (χ3n) is 4.20. The van der Waals surface area contributed by atoms with Gasteiger partial charge in [-0.15, -0.1) is 0 Å². The smallest absolute Gasteiger partial charge is 0.253 e. The molecule has 34 heavy (non-hydrogen) atoms. The van der Waals surface area contributed by atoms with Gasteiger partial charge < -0.3 is 43.0 Å². The summed E-state index contributed by atoms with van der Waals surface area (Å²) in [6, 6.07) is 0. The van der Waals surface area contributed by atoms with E-state index in [0.717, 1.165) is 4.90 Å². The summed E-state index contributed by atoms with van der Waals surface area (Å²) in [5, 5.41) is 8.54. The van der Waals surface area contributed by atoms with E-state index in [-0.39, 0.29) is 31.6 Å². The Balaban J connectivity index is 1.66. The molecule has 1 heterocycles. The molecular weight excluding hydrogens is 454 g/mol. The molecule has 1 aliphatic rings. The molecule has 0 atom stereocenters. The highest BCUT2D eigenvalue weighted by atomic mass is 16.6. The topological polar surface area (TPSA) is 131 Å². The molecule has 198 valence electrons. The molecule has 0 saturated carbocycles. The summed E-state index contributed by atoms with van der Waals surface area (Å²) in [7, 11) is 0. The zero-order chi connectivity index (χ0) is 24.5. The number of imide groups is 1. The molecule has 1 N–H and O–H groups in total. The Hall–Kier alpha value is -1.48. The van der Waals surface area contributed by atoms with Crippen molar-refractivity contribution in [1.29, 1.82) is 0 Å². The van der Waals surface area contributed by atoms with Crippen LogP contribution >= 0.6 is 0 Å². The summed E-state index contributed by atoms with van der Waals surface area (Å²) in [6.07, 6.45) is 2.51. The maximum Gasteiger partial charge on any atom is 0.253 e. The molecule has 0 aliphatic carbocycles. The lowest BCUT2D eigenvalue weighted by Crippen LogP contribution is -2.33. The highest BCUT2D eigenvalue weighted by Crippen LogP contribution is 2.02. The van der Waals surface area contributed by atoms with Crippen LogP contribution in [0.3, 0.4) is 0 Å². The van der Waals surface area contributed by atoms with Gasteiger partial charge >= 0.3 is 0 Å². The van der Waals surface area contributed by atoms with E-state index in [4.69, 9.17) is 43.0 Å². The van der Waals surface area contributed by atoms with Crippen molar-refractivity contribution in [3.63, 3.8) is 0 Å². The number of aliphatic hydroxyl groups excluding tert-OH is 1. The van der Waals surface area contributed by atoms with Crippen molar-refractivity contribution in [2.75, 3.05) is 119 Å². The standard InChI is InChI=1S/C22H39NO11/c24-4-6-28-8-10-30-12-14-32-16-18-34-20-19-33-17-15-31-13-11-29-9-7-27-5-3-23-21(25)1-2-22(23)26/h1-2,24H,3-20H2. The van der Waals surface area contributed by atoms with Gasteiger partial charge in [0.1, 0.15) is 0 Å². The van der Waals surface area contributed by atoms with Crippen molar-refractivity contribution in [1.82, 2.24) is 4.90 Å². The predicted octanol–water partition coefficient (Wildman–Crippen LogP) is -0.963. The molecule has 0 aromatic rings. The molecule has 0 aromatic carbocycles. The Morgan fingerprint density at radius 1 is 0.471 bits per heavy atom. The third kappa shape index (κ3) is 17.9. The van der Waals surface area contributed by atoms with E-state index in [0.29, 0.717) is 99.1 Å². The minimum Gasteiger partial charge on any atom is -0.394 e. The van der Waals surface area contributed by atoms with Crippen LogP contribution in [0.15, 0.2) is 12.2 Å². The Kier molecular flexibility index (Phi) is 20.9. The predicted molar refractivity (Wildman–Crippen MR) is 119 cm³/mol. The van der Waals surface area contributed by atoms with Crippen LogP contribution in [0.4, 0.5) is 0 Å². The molecule has 1 rings (SSSR count). The van der Waals surface area contributed by atoms with Gasteiger partial charge in [-0.25, -0.2) is 0 Å². The molecule has 12 heteroatoms. The Bertz CT molecular complexity index is 515. The van der Waals surface area contributed by atoms with E-state index in [9.17, 15) is 9.59 Å². The molecular formula is C22H39NO11. The summed E-state index contributed by atoms with van der Waals surface area (Å²) >= 11 is 0. The second-order valence-corrected chi connectivity index (χ2v) is 6.78. The minimum absolute atomic E-state index is 0.0202. The minimum atomic E-state index is -0.306. The number of aliphatic hydroxyl groups is 1. The number of carbonyl (C=O) groups is 2. The molecule has 0 aromatic heterocycles. The average Bonchev–Trinajstić information content (AvgIpc) is 3.16. The average molecular weight is 494 g/mol. The van der Waals surface area contributed by atoms with Crippen LogP contribution in [0.1, 0.15) is 0 Å². The number of hydrogen-bond donors (Lipinski definition) is 1. The molecule has 0 bridgehead atoms. The van der Waals surface area contributed by atoms with Crippen molar-refractivity contribution in [3.05, 3.63) is 12.2 Å². The lowest BCUT2D eigenvalue weighted by Gasteiger charge is -2.13. The van der Waals surface area contributed by atoms with Crippen LogP contribution in [0, 0.1) is 0 Å². The number of hydrogen-bond acceptors (Lipinski definition) is 11. The van der Waals surface area contributed by atoms with Gasteiger partial charge in [-0.1, -0.05) is 0 Å². The number of nitrogens with zero attached hydrogens (tertiary/aromatic N) is 1. The SMILES string of the molecule is O=C1C=CC(=O)N1CCOCCOCCOCCOCCOCCOCCOCCOCCO. The number of carbonyl (C=O) groups excluding carboxylic acids is 2. The van der Waals surface area contributed by atoms with Crippen LogP contribution in [-0.4, -0.2) is 141 Å². The van der Waals surface area contributed by atoms with E-state index < -0.39 is 0 Å². The zero-order valence-corrected chi connectivity index (χ0v) is 19.9.